The van der Waals surface area contributed by atoms with Crippen molar-refractivity contribution in [1.82, 2.24) is 4.48 Å². The maximum atomic E-state index is 12.7. The van der Waals surface area contributed by atoms with Crippen LogP contribution in [0, 0.1) is 13.8 Å². The Kier molecular flexibility index (Phi) is 7.61. The molecule has 0 N–H and O–H groups in total. The summed E-state index contributed by atoms with van der Waals surface area (Å²) in [6, 6.07) is 25.4. The Balaban J connectivity index is 1.58. The molecule has 1 aliphatic carbocycles. The Morgan fingerprint density at radius 1 is 0.829 bits per heavy atom. The van der Waals surface area contributed by atoms with Gasteiger partial charge < -0.3 is 9.47 Å². The summed E-state index contributed by atoms with van der Waals surface area (Å²) in [6.45, 7) is 6.14. The van der Waals surface area contributed by atoms with E-state index in [-0.39, 0.29) is 18.2 Å². The van der Waals surface area contributed by atoms with Gasteiger partial charge in [0.15, 0.2) is 6.61 Å². The molecule has 0 atom stereocenters. The van der Waals surface area contributed by atoms with E-state index in [1.54, 1.807) is 0 Å². The number of carbonyl (C=O) groups is 1. The van der Waals surface area contributed by atoms with E-state index in [0.29, 0.717) is 4.48 Å². The van der Waals surface area contributed by atoms with E-state index in [4.69, 9.17) is 9.47 Å². The van der Waals surface area contributed by atoms with Crippen molar-refractivity contribution >= 4 is 23.0 Å². The predicted octanol–water partition coefficient (Wildman–Crippen LogP) is 7.94. The number of esters is 1. The van der Waals surface area contributed by atoms with Crippen molar-refractivity contribution < 1.29 is 14.3 Å². The van der Waals surface area contributed by atoms with Crippen LogP contribution < -0.4 is 9.22 Å². The molecule has 0 aromatic heterocycles. The van der Waals surface area contributed by atoms with Gasteiger partial charge in [-0.3, -0.25) is 0 Å². The number of aryl methyl sites for hydroxylation is 2. The molecule has 3 aromatic carbocycles. The lowest BCUT2D eigenvalue weighted by Crippen LogP contribution is -2.38. The Morgan fingerprint density at radius 2 is 1.34 bits per heavy atom. The fourth-order valence-corrected chi connectivity index (χ4v) is 5.44. The molecule has 3 aromatic rings. The van der Waals surface area contributed by atoms with Crippen LogP contribution in [-0.2, 0) is 9.53 Å². The lowest BCUT2D eigenvalue weighted by Gasteiger charge is -2.36. The molecule has 0 heterocycles. The number of rotatable bonds is 8. The highest BCUT2D eigenvalue weighted by Gasteiger charge is 2.35. The molecular weight excluding hydrogens is 434 g/mol. The average Bonchev–Trinajstić information content (AvgIpc) is 2.89. The van der Waals surface area contributed by atoms with Crippen molar-refractivity contribution in [3.63, 3.8) is 0 Å². The van der Waals surface area contributed by atoms with Crippen molar-refractivity contribution in [2.24, 2.45) is 0 Å². The highest BCUT2D eigenvalue weighted by atomic mass is 16.6. The minimum atomic E-state index is -0.308. The number of hydrogen-bond donors (Lipinski definition) is 0. The van der Waals surface area contributed by atoms with Crippen molar-refractivity contribution in [2.45, 2.75) is 64.9 Å². The van der Waals surface area contributed by atoms with Gasteiger partial charge in [0, 0.05) is 12.1 Å². The molecule has 0 spiro atoms. The van der Waals surface area contributed by atoms with Crippen LogP contribution in [0.4, 0.5) is 17.1 Å². The van der Waals surface area contributed by atoms with Gasteiger partial charge in [-0.05, 0) is 81.3 Å². The van der Waals surface area contributed by atoms with Crippen molar-refractivity contribution in [3.05, 3.63) is 83.9 Å². The number of nitrogens with zero attached hydrogens (tertiary/aromatic N) is 1. The number of carbonyl (C=O) groups excluding carboxylic acids is 1. The summed E-state index contributed by atoms with van der Waals surface area (Å²) < 4.78 is 12.5. The molecule has 0 bridgehead atoms. The van der Waals surface area contributed by atoms with Gasteiger partial charge >= 0.3 is 5.97 Å². The monoisotopic (exact) mass is 472 g/mol. The Labute approximate surface area is 210 Å². The number of benzene rings is 3. The number of para-hydroxylation sites is 2. The molecule has 1 saturated carbocycles. The number of quaternary nitrogens is 1. The van der Waals surface area contributed by atoms with Crippen LogP contribution in [0.2, 0.25) is 0 Å². The van der Waals surface area contributed by atoms with Crippen LogP contribution in [0.1, 0.15) is 56.6 Å². The first kappa shape index (κ1) is 25.0. The Bertz CT molecular complexity index is 1070. The third-order valence-electron chi connectivity index (χ3n) is 7.58. The summed E-state index contributed by atoms with van der Waals surface area (Å²) in [5.41, 5.74) is 5.19. The predicted molar refractivity (Wildman–Crippen MR) is 144 cm³/mol. The summed E-state index contributed by atoms with van der Waals surface area (Å²) in [5, 5.41) is 0. The van der Waals surface area contributed by atoms with E-state index in [1.165, 1.54) is 17.8 Å². The van der Waals surface area contributed by atoms with Crippen LogP contribution in [0.25, 0.3) is 0 Å². The standard InChI is InChI=1S/C31H38NO3/c1-5-31(19-13-8-14-20-31)35-29(33)23-34-30-24(2)21-28(22-25(30)3)32(4,26-15-9-6-10-16-26)27-17-11-7-12-18-27/h6-7,9-12,15-18,21-22H,5,8,13-14,19-20,23H2,1-4H3/q+1. The van der Waals surface area contributed by atoms with E-state index in [0.717, 1.165) is 54.7 Å². The van der Waals surface area contributed by atoms with Gasteiger partial charge in [-0.1, -0.05) is 49.7 Å². The van der Waals surface area contributed by atoms with E-state index < -0.39 is 0 Å². The van der Waals surface area contributed by atoms with Crippen LogP contribution in [-0.4, -0.2) is 25.2 Å². The molecule has 0 radical (unpaired) electrons. The van der Waals surface area contributed by atoms with Gasteiger partial charge in [-0.25, -0.2) is 9.28 Å². The van der Waals surface area contributed by atoms with Gasteiger partial charge in [-0.15, -0.1) is 0 Å². The first-order valence-corrected chi connectivity index (χ1v) is 12.8. The van der Waals surface area contributed by atoms with Crippen LogP contribution >= 0.6 is 0 Å². The van der Waals surface area contributed by atoms with Crippen molar-refractivity contribution in [2.75, 3.05) is 13.7 Å². The molecule has 184 valence electrons. The molecule has 4 rings (SSSR count). The highest BCUT2D eigenvalue weighted by molar-refractivity contribution is 5.73. The quantitative estimate of drug-likeness (QED) is 0.247. The number of ether oxygens (including phenoxy) is 2. The second-order valence-corrected chi connectivity index (χ2v) is 9.95. The van der Waals surface area contributed by atoms with Crippen LogP contribution in [0.3, 0.4) is 0 Å². The smallest absolute Gasteiger partial charge is 0.344 e. The van der Waals surface area contributed by atoms with Crippen LogP contribution in [0.5, 0.6) is 5.75 Å². The first-order valence-electron chi connectivity index (χ1n) is 12.8. The Hall–Kier alpha value is -3.11. The maximum Gasteiger partial charge on any atom is 0.344 e. The van der Waals surface area contributed by atoms with E-state index >= 15 is 0 Å². The van der Waals surface area contributed by atoms with Gasteiger partial charge in [0.1, 0.15) is 28.4 Å². The molecule has 0 aliphatic heterocycles. The second kappa shape index (κ2) is 10.7. The van der Waals surface area contributed by atoms with Gasteiger partial charge in [-0.2, -0.15) is 0 Å². The zero-order valence-electron chi connectivity index (χ0n) is 21.5. The molecule has 4 heteroatoms. The molecule has 0 unspecified atom stereocenters. The molecular formula is C31H38NO3+. The topological polar surface area (TPSA) is 35.5 Å². The summed E-state index contributed by atoms with van der Waals surface area (Å²) in [5.74, 6) is 0.485. The lowest BCUT2D eigenvalue weighted by atomic mass is 9.83. The second-order valence-electron chi connectivity index (χ2n) is 9.95. The summed E-state index contributed by atoms with van der Waals surface area (Å²) in [6.07, 6.45) is 6.25. The summed E-state index contributed by atoms with van der Waals surface area (Å²) >= 11 is 0. The fraction of sp³-hybridized carbons (Fsp3) is 0.387. The van der Waals surface area contributed by atoms with Gasteiger partial charge in [0.05, 0.1) is 7.05 Å². The molecule has 0 saturated heterocycles. The molecule has 0 amide bonds. The van der Waals surface area contributed by atoms with Crippen molar-refractivity contribution in [1.29, 1.82) is 0 Å². The first-order chi connectivity index (χ1) is 16.9. The SMILES string of the molecule is CCC1(OC(=O)COc2c(C)cc([N+](C)(c3ccccc3)c3ccccc3)cc2C)CCCCC1. The van der Waals surface area contributed by atoms with E-state index in [2.05, 4.69) is 74.6 Å². The number of hydrogen-bond acceptors (Lipinski definition) is 3. The third kappa shape index (κ3) is 5.28. The largest absolute Gasteiger partial charge is 0.481 e. The summed E-state index contributed by atoms with van der Waals surface area (Å²) in [7, 11) is 2.21. The highest BCUT2D eigenvalue weighted by Crippen LogP contribution is 2.44. The molecule has 1 fully saturated rings. The van der Waals surface area contributed by atoms with Gasteiger partial charge in [0.2, 0.25) is 0 Å². The van der Waals surface area contributed by atoms with Gasteiger partial charge in [0.25, 0.3) is 0 Å². The third-order valence-corrected chi connectivity index (χ3v) is 7.58. The maximum absolute atomic E-state index is 12.7. The summed E-state index contributed by atoms with van der Waals surface area (Å²) in [4.78, 5) is 12.7. The minimum absolute atomic E-state index is 0.0632. The zero-order valence-corrected chi connectivity index (χ0v) is 21.5. The average molecular weight is 473 g/mol. The molecule has 4 nitrogen and oxygen atoms in total. The fourth-order valence-electron chi connectivity index (χ4n) is 5.44. The molecule has 35 heavy (non-hydrogen) atoms. The normalized spacial score (nSPS) is 15.4. The van der Waals surface area contributed by atoms with Crippen molar-refractivity contribution in [3.8, 4) is 5.75 Å². The Morgan fingerprint density at radius 3 is 1.83 bits per heavy atom. The minimum Gasteiger partial charge on any atom is -0.481 e. The van der Waals surface area contributed by atoms with Crippen LogP contribution in [0.15, 0.2) is 72.8 Å². The zero-order chi connectivity index (χ0) is 24.9. The van der Waals surface area contributed by atoms with E-state index in [1.807, 2.05) is 26.0 Å². The molecule has 1 aliphatic rings. The van der Waals surface area contributed by atoms with E-state index in [9.17, 15) is 4.79 Å². The lowest BCUT2D eigenvalue weighted by molar-refractivity contribution is -0.166.